The van der Waals surface area contributed by atoms with Crippen molar-refractivity contribution < 1.29 is 14.2 Å². The van der Waals surface area contributed by atoms with Gasteiger partial charge in [0.15, 0.2) is 0 Å². The molecular weight excluding hydrogens is 460 g/mol. The number of rotatable bonds is 9. The van der Waals surface area contributed by atoms with E-state index < -0.39 is 0 Å². The molecule has 0 spiro atoms. The molecule has 35 heavy (non-hydrogen) atoms. The fraction of sp³-hybridized carbons (Fsp3) is 0.222. The number of aryl methyl sites for hydroxylation is 1. The van der Waals surface area contributed by atoms with E-state index in [9.17, 15) is 0 Å². The summed E-state index contributed by atoms with van der Waals surface area (Å²) < 4.78 is 19.4. The van der Waals surface area contributed by atoms with E-state index >= 15 is 0 Å². The van der Waals surface area contributed by atoms with Gasteiger partial charge in [0, 0.05) is 34.4 Å². The molecule has 0 N–H and O–H groups in total. The third kappa shape index (κ3) is 5.78. The fourth-order valence-corrected chi connectivity index (χ4v) is 4.16. The van der Waals surface area contributed by atoms with Gasteiger partial charge in [-0.25, -0.2) is 14.6 Å². The second kappa shape index (κ2) is 10.6. The van der Waals surface area contributed by atoms with Crippen LogP contribution in [0.1, 0.15) is 36.6 Å². The van der Waals surface area contributed by atoms with Crippen molar-refractivity contribution >= 4 is 22.8 Å². The summed E-state index contributed by atoms with van der Waals surface area (Å²) in [6.45, 7) is 12.1. The van der Waals surface area contributed by atoms with Crippen molar-refractivity contribution in [1.82, 2.24) is 14.6 Å². The Kier molecular flexibility index (Phi) is 7.31. The molecule has 4 aromatic rings. The minimum Gasteiger partial charge on any atom is -0.496 e. The van der Waals surface area contributed by atoms with Crippen molar-refractivity contribution in [1.29, 1.82) is 0 Å². The smallest absolute Gasteiger partial charge is 0.147 e. The molecule has 0 atom stereocenters. The number of aromatic nitrogens is 3. The molecule has 4 rings (SSSR count). The molecule has 180 valence electrons. The summed E-state index contributed by atoms with van der Waals surface area (Å²) in [6.07, 6.45) is 1.80. The van der Waals surface area contributed by atoms with Gasteiger partial charge in [-0.3, -0.25) is 0 Å². The topological polar surface area (TPSA) is 70.8 Å². The number of hydrogen-bond donors (Lipinski definition) is 0. The van der Waals surface area contributed by atoms with E-state index in [4.69, 9.17) is 19.2 Å². The Morgan fingerprint density at radius 1 is 1.09 bits per heavy atom. The highest BCUT2D eigenvalue weighted by molar-refractivity contribution is 7.13. The molecule has 0 aliphatic rings. The largest absolute Gasteiger partial charge is 0.496 e. The maximum atomic E-state index is 6.13. The summed E-state index contributed by atoms with van der Waals surface area (Å²) in [6, 6.07) is 13.7. The Balaban J connectivity index is 1.51. The van der Waals surface area contributed by atoms with Crippen LogP contribution in [0.5, 0.6) is 17.2 Å². The lowest BCUT2D eigenvalue weighted by atomic mass is 10.2. The molecule has 0 saturated carbocycles. The number of hydrogen-bond acceptors (Lipinski definition) is 7. The molecule has 0 bridgehead atoms. The van der Waals surface area contributed by atoms with Crippen LogP contribution >= 0.6 is 11.3 Å². The van der Waals surface area contributed by atoms with Crippen molar-refractivity contribution in [3.63, 3.8) is 0 Å². The first kappa shape index (κ1) is 24.2. The van der Waals surface area contributed by atoms with E-state index in [1.807, 2.05) is 75.5 Å². The fourth-order valence-electron chi connectivity index (χ4n) is 3.35. The third-order valence-corrected chi connectivity index (χ3v) is 6.09. The Morgan fingerprint density at radius 2 is 1.83 bits per heavy atom. The van der Waals surface area contributed by atoms with Gasteiger partial charge in [0.1, 0.15) is 46.1 Å². The third-order valence-electron chi connectivity index (χ3n) is 5.15. The van der Waals surface area contributed by atoms with Crippen LogP contribution in [0, 0.1) is 13.8 Å². The zero-order chi connectivity index (χ0) is 24.9. The minimum atomic E-state index is 0.329. The lowest BCUT2D eigenvalue weighted by Gasteiger charge is -2.15. The van der Waals surface area contributed by atoms with Gasteiger partial charge in [0.2, 0.25) is 0 Å². The lowest BCUT2D eigenvalue weighted by molar-refractivity contribution is 0.296. The van der Waals surface area contributed by atoms with Gasteiger partial charge in [0.05, 0.1) is 19.0 Å². The number of imidazole rings is 1. The summed E-state index contributed by atoms with van der Waals surface area (Å²) in [5, 5.41) is 7.40. The number of nitrogens with zero attached hydrogens (tertiary/aromatic N) is 4. The second-order valence-corrected chi connectivity index (χ2v) is 9.00. The van der Waals surface area contributed by atoms with E-state index in [-0.39, 0.29) is 0 Å². The van der Waals surface area contributed by atoms with Crippen molar-refractivity contribution in [2.45, 2.75) is 34.3 Å². The highest BCUT2D eigenvalue weighted by Gasteiger charge is 2.15. The molecule has 0 amide bonds. The molecule has 0 aliphatic heterocycles. The molecule has 8 heteroatoms. The highest BCUT2D eigenvalue weighted by Crippen LogP contribution is 2.36. The zero-order valence-corrected chi connectivity index (χ0v) is 21.3. The predicted octanol–water partition coefficient (Wildman–Crippen LogP) is 6.50. The molecule has 2 heterocycles. The van der Waals surface area contributed by atoms with E-state index in [0.717, 1.165) is 33.4 Å². The lowest BCUT2D eigenvalue weighted by Crippen LogP contribution is -2.01. The van der Waals surface area contributed by atoms with Crippen molar-refractivity contribution in [3.05, 3.63) is 83.4 Å². The van der Waals surface area contributed by atoms with Gasteiger partial charge in [-0.15, -0.1) is 11.3 Å². The van der Waals surface area contributed by atoms with Gasteiger partial charge in [-0.1, -0.05) is 36.9 Å². The van der Waals surface area contributed by atoms with Crippen LogP contribution in [0.3, 0.4) is 0 Å². The van der Waals surface area contributed by atoms with Gasteiger partial charge in [0.25, 0.3) is 0 Å². The second-order valence-electron chi connectivity index (χ2n) is 8.14. The highest BCUT2D eigenvalue weighted by atomic mass is 32.1. The number of benzene rings is 2. The van der Waals surface area contributed by atoms with Crippen LogP contribution in [0.25, 0.3) is 16.3 Å². The quantitative estimate of drug-likeness (QED) is 0.199. The van der Waals surface area contributed by atoms with E-state index in [1.165, 1.54) is 0 Å². The maximum absolute atomic E-state index is 6.13. The predicted molar refractivity (Wildman–Crippen MR) is 140 cm³/mol. The standard InChI is InChI=1S/C27H28N4O3S/c1-17(2)30-31-14-24(28-20(31)5)19(4)34-26-13-23(32-6)12-25(18(26)3)33-15-22-16-35-27(29-22)21-10-8-7-9-11-21/h7-14,16H,4,15H2,1-3,5-6H3. The van der Waals surface area contributed by atoms with Crippen molar-refractivity contribution in [3.8, 4) is 27.8 Å². The minimum absolute atomic E-state index is 0.329. The SMILES string of the molecule is C=C(Oc1cc(OC)cc(OCc2csc(-c3ccccc3)n2)c1C)c1cn(N=C(C)C)c(C)n1. The summed E-state index contributed by atoms with van der Waals surface area (Å²) in [7, 11) is 1.61. The Bertz CT molecular complexity index is 1370. The van der Waals surface area contributed by atoms with Gasteiger partial charge in [-0.2, -0.15) is 5.10 Å². The van der Waals surface area contributed by atoms with E-state index in [1.54, 1.807) is 29.3 Å². The molecule has 0 saturated heterocycles. The van der Waals surface area contributed by atoms with Crippen LogP contribution in [0.4, 0.5) is 0 Å². The summed E-state index contributed by atoms with van der Waals surface area (Å²) in [5.41, 5.74) is 4.30. The Morgan fingerprint density at radius 3 is 2.54 bits per heavy atom. The number of thiazole rings is 1. The van der Waals surface area contributed by atoms with Gasteiger partial charge >= 0.3 is 0 Å². The van der Waals surface area contributed by atoms with Crippen LogP contribution in [-0.2, 0) is 6.61 Å². The summed E-state index contributed by atoms with van der Waals surface area (Å²) in [4.78, 5) is 9.22. The zero-order valence-electron chi connectivity index (χ0n) is 20.5. The summed E-state index contributed by atoms with van der Waals surface area (Å²) >= 11 is 1.60. The van der Waals surface area contributed by atoms with Crippen LogP contribution < -0.4 is 14.2 Å². The number of ether oxygens (including phenoxy) is 3. The molecule has 0 unspecified atom stereocenters. The van der Waals surface area contributed by atoms with Gasteiger partial charge in [-0.05, 0) is 27.7 Å². The van der Waals surface area contributed by atoms with E-state index in [0.29, 0.717) is 35.3 Å². The first-order valence-electron chi connectivity index (χ1n) is 11.1. The average Bonchev–Trinajstić information content (AvgIpc) is 3.46. The number of methoxy groups -OCH3 is 1. The monoisotopic (exact) mass is 488 g/mol. The molecule has 0 aliphatic carbocycles. The Labute approximate surface area is 209 Å². The first-order valence-corrected chi connectivity index (χ1v) is 12.0. The Hall–Kier alpha value is -3.91. The van der Waals surface area contributed by atoms with Crippen LogP contribution in [0.15, 0.2) is 65.7 Å². The summed E-state index contributed by atoms with van der Waals surface area (Å²) in [5.74, 6) is 2.99. The van der Waals surface area contributed by atoms with Crippen LogP contribution in [-0.4, -0.2) is 27.5 Å². The normalized spacial score (nSPS) is 10.7. The average molecular weight is 489 g/mol. The van der Waals surface area contributed by atoms with E-state index in [2.05, 4.69) is 16.7 Å². The van der Waals surface area contributed by atoms with Gasteiger partial charge < -0.3 is 14.2 Å². The molecular formula is C27H28N4O3S. The van der Waals surface area contributed by atoms with Crippen molar-refractivity contribution in [2.24, 2.45) is 5.10 Å². The first-order chi connectivity index (χ1) is 16.8. The molecule has 2 aromatic heterocycles. The van der Waals surface area contributed by atoms with Crippen molar-refractivity contribution in [2.75, 3.05) is 7.11 Å². The molecule has 2 aromatic carbocycles. The maximum Gasteiger partial charge on any atom is 0.147 e. The van der Waals surface area contributed by atoms with Crippen LogP contribution in [0.2, 0.25) is 0 Å². The molecule has 0 fully saturated rings. The molecule has 7 nitrogen and oxygen atoms in total. The molecule has 0 radical (unpaired) electrons.